The summed E-state index contributed by atoms with van der Waals surface area (Å²) in [4.78, 5) is 67.8. The molecule has 0 fully saturated rings. The van der Waals surface area contributed by atoms with Gasteiger partial charge in [-0.1, -0.05) is 41.5 Å². The molecular formula is C37H63N5O8. The van der Waals surface area contributed by atoms with Crippen LogP contribution in [-0.4, -0.2) is 95.9 Å². The topological polar surface area (TPSA) is 175 Å². The molecule has 0 aliphatic heterocycles. The molecule has 5 amide bonds. The lowest BCUT2D eigenvalue weighted by atomic mass is 9.94. The summed E-state index contributed by atoms with van der Waals surface area (Å²) in [6.45, 7) is 21.3. The van der Waals surface area contributed by atoms with Gasteiger partial charge in [0, 0.05) is 49.5 Å². The van der Waals surface area contributed by atoms with E-state index in [0.29, 0.717) is 19.5 Å². The fourth-order valence-electron chi connectivity index (χ4n) is 5.33. The predicted molar refractivity (Wildman–Crippen MR) is 195 cm³/mol. The van der Waals surface area contributed by atoms with Crippen LogP contribution in [-0.2, 0) is 19.1 Å². The maximum atomic E-state index is 13.8. The molecule has 5 N–H and O–H groups in total. The van der Waals surface area contributed by atoms with E-state index in [-0.39, 0.29) is 52.9 Å². The Morgan fingerprint density at radius 1 is 0.820 bits per heavy atom. The van der Waals surface area contributed by atoms with Gasteiger partial charge < -0.3 is 35.4 Å². The first kappa shape index (κ1) is 44.3. The molecule has 13 nitrogen and oxygen atoms in total. The zero-order valence-electron chi connectivity index (χ0n) is 32.3. The van der Waals surface area contributed by atoms with Gasteiger partial charge >= 0.3 is 6.09 Å². The average molecular weight is 706 g/mol. The SMILES string of the molecule is CCCN(CCC)C(=O)c1cc(NC(=O)OC(C)(C)C)cc(C(=O)NC(CC(C)C)C(O)CC(OC)C(=O)NC(C(=O)NC(C)C)C(C)C)c1. The van der Waals surface area contributed by atoms with Crippen LogP contribution in [0.1, 0.15) is 123 Å². The Morgan fingerprint density at radius 3 is 1.88 bits per heavy atom. The number of hydrogen-bond acceptors (Lipinski definition) is 8. The maximum absolute atomic E-state index is 13.8. The number of amides is 5. The van der Waals surface area contributed by atoms with E-state index in [1.807, 2.05) is 55.4 Å². The van der Waals surface area contributed by atoms with E-state index in [4.69, 9.17) is 9.47 Å². The van der Waals surface area contributed by atoms with Crippen molar-refractivity contribution in [2.75, 3.05) is 25.5 Å². The molecule has 284 valence electrons. The molecule has 0 saturated heterocycles. The van der Waals surface area contributed by atoms with Crippen LogP contribution >= 0.6 is 0 Å². The average Bonchev–Trinajstić information content (AvgIpc) is 2.99. The van der Waals surface area contributed by atoms with Gasteiger partial charge in [0.1, 0.15) is 17.7 Å². The van der Waals surface area contributed by atoms with Crippen LogP contribution in [0, 0.1) is 11.8 Å². The molecule has 1 aromatic carbocycles. The fourth-order valence-corrected chi connectivity index (χ4v) is 5.33. The summed E-state index contributed by atoms with van der Waals surface area (Å²) in [6, 6.07) is 2.69. The number of nitrogens with one attached hydrogen (secondary N) is 4. The van der Waals surface area contributed by atoms with Gasteiger partial charge in [-0.15, -0.1) is 0 Å². The summed E-state index contributed by atoms with van der Waals surface area (Å²) < 4.78 is 10.8. The van der Waals surface area contributed by atoms with Crippen molar-refractivity contribution >= 4 is 35.4 Å². The molecule has 0 aliphatic rings. The molecule has 0 spiro atoms. The second-order valence-electron chi connectivity index (χ2n) is 14.8. The Hall–Kier alpha value is -3.71. The van der Waals surface area contributed by atoms with E-state index in [1.54, 1.807) is 25.7 Å². The summed E-state index contributed by atoms with van der Waals surface area (Å²) in [5.41, 5.74) is -0.275. The highest BCUT2D eigenvalue weighted by Crippen LogP contribution is 2.21. The number of benzene rings is 1. The minimum Gasteiger partial charge on any atom is -0.444 e. The number of aliphatic hydroxyl groups excluding tert-OH is 1. The van der Waals surface area contributed by atoms with Crippen molar-refractivity contribution in [3.8, 4) is 0 Å². The van der Waals surface area contributed by atoms with Gasteiger partial charge in [-0.25, -0.2) is 4.79 Å². The Morgan fingerprint density at radius 2 is 1.40 bits per heavy atom. The third kappa shape index (κ3) is 15.5. The van der Waals surface area contributed by atoms with Crippen molar-refractivity contribution in [2.45, 2.75) is 138 Å². The molecule has 0 aliphatic carbocycles. The van der Waals surface area contributed by atoms with E-state index in [2.05, 4.69) is 21.3 Å². The van der Waals surface area contributed by atoms with E-state index >= 15 is 0 Å². The van der Waals surface area contributed by atoms with Crippen LogP contribution in [0.3, 0.4) is 0 Å². The zero-order chi connectivity index (χ0) is 38.3. The van der Waals surface area contributed by atoms with Crippen LogP contribution in [0.4, 0.5) is 10.5 Å². The quantitative estimate of drug-likeness (QED) is 0.135. The highest BCUT2D eigenvalue weighted by atomic mass is 16.6. The Bertz CT molecular complexity index is 1270. The molecule has 13 heteroatoms. The Labute approximate surface area is 299 Å². The molecule has 50 heavy (non-hydrogen) atoms. The third-order valence-corrected chi connectivity index (χ3v) is 7.58. The van der Waals surface area contributed by atoms with Gasteiger partial charge in [0.2, 0.25) is 11.8 Å². The highest BCUT2D eigenvalue weighted by Gasteiger charge is 2.32. The van der Waals surface area contributed by atoms with E-state index in [9.17, 15) is 29.1 Å². The first-order valence-electron chi connectivity index (χ1n) is 17.8. The minimum absolute atomic E-state index is 0.0452. The standard InChI is InChI=1S/C37H63N5O8/c1-13-15-42(16-14-2)35(47)26-18-25(19-27(20-26)39-36(48)50-37(9,10)11)32(44)40-28(17-22(3)4)29(43)21-30(49-12)33(45)41-31(23(5)6)34(46)38-24(7)8/h18-20,22-24,28-31,43H,13-17,21H2,1-12H3,(H,38,46)(H,39,48)(H,40,44)(H,41,45). The van der Waals surface area contributed by atoms with Gasteiger partial charge in [-0.3, -0.25) is 24.5 Å². The monoisotopic (exact) mass is 705 g/mol. The van der Waals surface area contributed by atoms with E-state index in [1.165, 1.54) is 25.3 Å². The number of methoxy groups -OCH3 is 1. The first-order valence-corrected chi connectivity index (χ1v) is 17.8. The summed E-state index contributed by atoms with van der Waals surface area (Å²) in [7, 11) is 1.34. The molecule has 0 heterocycles. The van der Waals surface area contributed by atoms with Crippen molar-refractivity contribution in [1.82, 2.24) is 20.9 Å². The predicted octanol–water partition coefficient (Wildman–Crippen LogP) is 4.87. The molecule has 0 saturated carbocycles. The van der Waals surface area contributed by atoms with Crippen LogP contribution in [0.25, 0.3) is 0 Å². The van der Waals surface area contributed by atoms with Crippen molar-refractivity contribution in [3.63, 3.8) is 0 Å². The zero-order valence-corrected chi connectivity index (χ0v) is 32.3. The lowest BCUT2D eigenvalue weighted by Crippen LogP contribution is -2.54. The minimum atomic E-state index is -1.21. The number of nitrogens with zero attached hydrogens (tertiary/aromatic N) is 1. The lowest BCUT2D eigenvalue weighted by molar-refractivity contribution is -0.137. The lowest BCUT2D eigenvalue weighted by Gasteiger charge is -2.29. The van der Waals surface area contributed by atoms with Crippen LogP contribution < -0.4 is 21.3 Å². The third-order valence-electron chi connectivity index (χ3n) is 7.58. The van der Waals surface area contributed by atoms with Crippen LogP contribution in [0.5, 0.6) is 0 Å². The number of anilines is 1. The van der Waals surface area contributed by atoms with Crippen molar-refractivity contribution in [3.05, 3.63) is 29.3 Å². The molecule has 1 aromatic rings. The Balaban J connectivity index is 3.40. The van der Waals surface area contributed by atoms with Gasteiger partial charge in [-0.05, 0) is 83.9 Å². The number of ether oxygens (including phenoxy) is 2. The molecule has 0 aromatic heterocycles. The number of carbonyl (C=O) groups excluding carboxylic acids is 5. The van der Waals surface area contributed by atoms with Gasteiger partial charge in [0.15, 0.2) is 0 Å². The molecule has 0 radical (unpaired) electrons. The van der Waals surface area contributed by atoms with Crippen LogP contribution in [0.15, 0.2) is 18.2 Å². The van der Waals surface area contributed by atoms with Gasteiger partial charge in [0.25, 0.3) is 11.8 Å². The van der Waals surface area contributed by atoms with E-state index < -0.39 is 47.8 Å². The Kier molecular flexibility index (Phi) is 18.5. The molecular weight excluding hydrogens is 642 g/mol. The van der Waals surface area contributed by atoms with Crippen molar-refractivity contribution in [2.24, 2.45) is 11.8 Å². The highest BCUT2D eigenvalue weighted by molar-refractivity contribution is 6.02. The number of hydrogen-bond donors (Lipinski definition) is 5. The first-order chi connectivity index (χ1) is 23.2. The largest absolute Gasteiger partial charge is 0.444 e. The second kappa shape index (κ2) is 20.8. The van der Waals surface area contributed by atoms with Crippen molar-refractivity contribution in [1.29, 1.82) is 0 Å². The van der Waals surface area contributed by atoms with Crippen molar-refractivity contribution < 1.29 is 38.6 Å². The normalized spacial score (nSPS) is 14.1. The molecule has 1 rings (SSSR count). The number of rotatable bonds is 19. The molecule has 0 bridgehead atoms. The van der Waals surface area contributed by atoms with E-state index in [0.717, 1.165) is 12.8 Å². The maximum Gasteiger partial charge on any atom is 0.412 e. The number of carbonyl (C=O) groups is 5. The smallest absolute Gasteiger partial charge is 0.412 e. The summed E-state index contributed by atoms with van der Waals surface area (Å²) in [5, 5.41) is 22.5. The molecule has 4 atom stereocenters. The number of aliphatic hydroxyl groups is 1. The van der Waals surface area contributed by atoms with Crippen LogP contribution in [0.2, 0.25) is 0 Å². The van der Waals surface area contributed by atoms with Gasteiger partial charge in [0.05, 0.1) is 12.1 Å². The summed E-state index contributed by atoms with van der Waals surface area (Å²) >= 11 is 0. The summed E-state index contributed by atoms with van der Waals surface area (Å²) in [5.74, 6) is -1.92. The molecule has 4 unspecified atom stereocenters. The second-order valence-corrected chi connectivity index (χ2v) is 14.8. The summed E-state index contributed by atoms with van der Waals surface area (Å²) in [6.07, 6.45) is -1.39. The van der Waals surface area contributed by atoms with Gasteiger partial charge in [-0.2, -0.15) is 0 Å². The fraction of sp³-hybridized carbons (Fsp3) is 0.703.